The zero-order chi connectivity index (χ0) is 13.8. The summed E-state index contributed by atoms with van der Waals surface area (Å²) in [4.78, 5) is 11.8. The molecule has 100 valence electrons. The number of hydrogen-bond acceptors (Lipinski definition) is 2. The number of aryl methyl sites for hydroxylation is 1. The van der Waals surface area contributed by atoms with Crippen molar-refractivity contribution in [2.24, 2.45) is 0 Å². The van der Waals surface area contributed by atoms with Crippen molar-refractivity contribution in [2.75, 3.05) is 11.9 Å². The van der Waals surface area contributed by atoms with Crippen LogP contribution in [0, 0.1) is 0 Å². The summed E-state index contributed by atoms with van der Waals surface area (Å²) in [7, 11) is 0. The topological polar surface area (TPSA) is 41.1 Å². The number of nitrogens with one attached hydrogen (secondary N) is 2. The number of amides is 1. The van der Waals surface area contributed by atoms with E-state index < -0.39 is 0 Å². The Kier molecular flexibility index (Phi) is 5.35. The molecule has 0 saturated carbocycles. The first-order valence-corrected chi connectivity index (χ1v) is 6.94. The zero-order valence-corrected chi connectivity index (χ0v) is 13.0. The Morgan fingerprint density at radius 1 is 1.33 bits per heavy atom. The first kappa shape index (κ1) is 15.2. The average molecular weight is 313 g/mol. The maximum Gasteiger partial charge on any atom is 0.238 e. The summed E-state index contributed by atoms with van der Waals surface area (Å²) < 4.78 is 1.03. The van der Waals surface area contributed by atoms with Crippen LogP contribution in [0.3, 0.4) is 0 Å². The SMILES string of the molecule is CCc1cc(Br)ccc1NC(=O)CNC(C)(C)C. The molecule has 0 atom stereocenters. The van der Waals surface area contributed by atoms with Crippen molar-refractivity contribution >= 4 is 27.5 Å². The molecule has 0 aliphatic carbocycles. The minimum atomic E-state index is -0.0510. The molecule has 1 rings (SSSR count). The highest BCUT2D eigenvalue weighted by atomic mass is 79.9. The summed E-state index contributed by atoms with van der Waals surface area (Å²) in [5.74, 6) is -0.0121. The van der Waals surface area contributed by atoms with Crippen molar-refractivity contribution in [3.05, 3.63) is 28.2 Å². The van der Waals surface area contributed by atoms with E-state index in [1.807, 2.05) is 39.0 Å². The van der Waals surface area contributed by atoms with Crippen LogP contribution in [0.1, 0.15) is 33.3 Å². The highest BCUT2D eigenvalue weighted by molar-refractivity contribution is 9.10. The third-order valence-corrected chi connectivity index (χ3v) is 2.99. The largest absolute Gasteiger partial charge is 0.325 e. The van der Waals surface area contributed by atoms with Gasteiger partial charge >= 0.3 is 0 Å². The first-order chi connectivity index (χ1) is 8.31. The quantitative estimate of drug-likeness (QED) is 0.895. The third kappa shape index (κ3) is 5.19. The Labute approximate surface area is 117 Å². The van der Waals surface area contributed by atoms with Crippen molar-refractivity contribution in [1.29, 1.82) is 0 Å². The highest BCUT2D eigenvalue weighted by Gasteiger charge is 2.12. The highest BCUT2D eigenvalue weighted by Crippen LogP contribution is 2.21. The number of hydrogen-bond donors (Lipinski definition) is 2. The van der Waals surface area contributed by atoms with Crippen molar-refractivity contribution in [1.82, 2.24) is 5.32 Å². The van der Waals surface area contributed by atoms with Crippen LogP contribution < -0.4 is 10.6 Å². The van der Waals surface area contributed by atoms with Gasteiger partial charge in [0.2, 0.25) is 5.91 Å². The molecule has 0 aliphatic heterocycles. The van der Waals surface area contributed by atoms with Gasteiger partial charge in [0.15, 0.2) is 0 Å². The molecule has 0 saturated heterocycles. The molecule has 1 aromatic rings. The molecule has 0 unspecified atom stereocenters. The Balaban J connectivity index is 2.64. The molecule has 0 bridgehead atoms. The van der Waals surface area contributed by atoms with Crippen LogP contribution in [-0.4, -0.2) is 18.0 Å². The van der Waals surface area contributed by atoms with Crippen LogP contribution in [0.4, 0.5) is 5.69 Å². The number of halogens is 1. The minimum Gasteiger partial charge on any atom is -0.325 e. The first-order valence-electron chi connectivity index (χ1n) is 6.15. The van der Waals surface area contributed by atoms with Crippen LogP contribution in [0.15, 0.2) is 22.7 Å². The number of anilines is 1. The molecule has 1 aromatic carbocycles. The van der Waals surface area contributed by atoms with Gasteiger partial charge in [-0.3, -0.25) is 4.79 Å². The van der Waals surface area contributed by atoms with Crippen molar-refractivity contribution in [3.63, 3.8) is 0 Å². The lowest BCUT2D eigenvalue weighted by atomic mass is 10.1. The van der Waals surface area contributed by atoms with Crippen molar-refractivity contribution in [2.45, 2.75) is 39.7 Å². The van der Waals surface area contributed by atoms with Crippen LogP contribution in [-0.2, 0) is 11.2 Å². The summed E-state index contributed by atoms with van der Waals surface area (Å²) in [5, 5.41) is 6.11. The van der Waals surface area contributed by atoms with E-state index in [0.717, 1.165) is 22.1 Å². The van der Waals surface area contributed by atoms with Crippen LogP contribution in [0.2, 0.25) is 0 Å². The Morgan fingerprint density at radius 2 is 2.00 bits per heavy atom. The smallest absolute Gasteiger partial charge is 0.238 e. The van der Waals surface area contributed by atoms with Gasteiger partial charge in [0, 0.05) is 15.7 Å². The van der Waals surface area contributed by atoms with Gasteiger partial charge in [0.05, 0.1) is 6.54 Å². The monoisotopic (exact) mass is 312 g/mol. The molecule has 18 heavy (non-hydrogen) atoms. The predicted molar refractivity (Wildman–Crippen MR) is 79.9 cm³/mol. The number of carbonyl (C=O) groups is 1. The summed E-state index contributed by atoms with van der Waals surface area (Å²) in [6.07, 6.45) is 0.891. The van der Waals surface area contributed by atoms with E-state index in [2.05, 4.69) is 33.5 Å². The van der Waals surface area contributed by atoms with Gasteiger partial charge in [-0.25, -0.2) is 0 Å². The van der Waals surface area contributed by atoms with E-state index in [1.54, 1.807) is 0 Å². The lowest BCUT2D eigenvalue weighted by Crippen LogP contribution is -2.41. The van der Waals surface area contributed by atoms with Crippen molar-refractivity contribution < 1.29 is 4.79 Å². The Morgan fingerprint density at radius 3 is 2.56 bits per heavy atom. The molecule has 4 heteroatoms. The van der Waals surface area contributed by atoms with E-state index >= 15 is 0 Å². The van der Waals surface area contributed by atoms with Gasteiger partial charge in [-0.15, -0.1) is 0 Å². The fraction of sp³-hybridized carbons (Fsp3) is 0.500. The fourth-order valence-electron chi connectivity index (χ4n) is 1.52. The summed E-state index contributed by atoms with van der Waals surface area (Å²) >= 11 is 3.44. The van der Waals surface area contributed by atoms with E-state index in [9.17, 15) is 4.79 Å². The number of carbonyl (C=O) groups excluding carboxylic acids is 1. The normalized spacial score (nSPS) is 11.4. The van der Waals surface area contributed by atoms with Crippen LogP contribution >= 0.6 is 15.9 Å². The zero-order valence-electron chi connectivity index (χ0n) is 11.4. The lowest BCUT2D eigenvalue weighted by Gasteiger charge is -2.20. The molecule has 0 radical (unpaired) electrons. The molecule has 3 nitrogen and oxygen atoms in total. The second-order valence-electron chi connectivity index (χ2n) is 5.31. The molecule has 2 N–H and O–H groups in total. The molecular formula is C14H21BrN2O. The number of rotatable bonds is 4. The second kappa shape index (κ2) is 6.34. The molecular weight excluding hydrogens is 292 g/mol. The van der Waals surface area contributed by atoms with E-state index in [0.29, 0.717) is 6.54 Å². The number of benzene rings is 1. The van der Waals surface area contributed by atoms with Crippen LogP contribution in [0.25, 0.3) is 0 Å². The van der Waals surface area contributed by atoms with E-state index in [1.165, 1.54) is 0 Å². The minimum absolute atomic E-state index is 0.0121. The lowest BCUT2D eigenvalue weighted by molar-refractivity contribution is -0.115. The summed E-state index contributed by atoms with van der Waals surface area (Å²) in [5.41, 5.74) is 1.97. The fourth-order valence-corrected chi connectivity index (χ4v) is 1.93. The van der Waals surface area contributed by atoms with Gasteiger partial charge < -0.3 is 10.6 Å². The van der Waals surface area contributed by atoms with Crippen molar-refractivity contribution in [3.8, 4) is 0 Å². The van der Waals surface area contributed by atoms with E-state index in [4.69, 9.17) is 0 Å². The van der Waals surface area contributed by atoms with Gasteiger partial charge in [-0.05, 0) is 51.0 Å². The van der Waals surface area contributed by atoms with Crippen LogP contribution in [0.5, 0.6) is 0 Å². The molecule has 0 heterocycles. The summed E-state index contributed by atoms with van der Waals surface area (Å²) in [6.45, 7) is 8.51. The van der Waals surface area contributed by atoms with Gasteiger partial charge in [-0.1, -0.05) is 22.9 Å². The Hall–Kier alpha value is -0.870. The molecule has 0 spiro atoms. The molecule has 0 fully saturated rings. The van der Waals surface area contributed by atoms with Gasteiger partial charge in [0.1, 0.15) is 0 Å². The standard InChI is InChI=1S/C14H21BrN2O/c1-5-10-8-11(15)6-7-12(10)17-13(18)9-16-14(2,3)4/h6-8,16H,5,9H2,1-4H3,(H,17,18). The summed E-state index contributed by atoms with van der Waals surface area (Å²) in [6, 6.07) is 5.90. The Bertz CT molecular complexity index is 424. The predicted octanol–water partition coefficient (Wildman–Crippen LogP) is 3.34. The second-order valence-corrected chi connectivity index (χ2v) is 6.22. The van der Waals surface area contributed by atoms with Gasteiger partial charge in [-0.2, -0.15) is 0 Å². The van der Waals surface area contributed by atoms with Gasteiger partial charge in [0.25, 0.3) is 0 Å². The maximum atomic E-state index is 11.8. The maximum absolute atomic E-state index is 11.8. The van der Waals surface area contributed by atoms with E-state index in [-0.39, 0.29) is 11.4 Å². The molecule has 0 aliphatic rings. The average Bonchev–Trinajstić information content (AvgIpc) is 2.28. The molecule has 1 amide bonds. The molecule has 0 aromatic heterocycles. The third-order valence-electron chi connectivity index (χ3n) is 2.50.